The number of oxazole rings is 1. The highest BCUT2D eigenvalue weighted by atomic mass is 16.4. The topological polar surface area (TPSA) is 87.4 Å². The molecule has 2 amide bonds. The molecule has 1 heterocycles. The lowest BCUT2D eigenvalue weighted by Gasteiger charge is -2.27. The van der Waals surface area contributed by atoms with Gasteiger partial charge in [-0.3, -0.25) is 5.32 Å². The average Bonchev–Trinajstić information content (AvgIpc) is 2.69. The Bertz CT molecular complexity index is 417. The molecule has 0 atom stereocenters. The molecule has 0 saturated heterocycles. The fourth-order valence-corrected chi connectivity index (χ4v) is 2.33. The zero-order chi connectivity index (χ0) is 13.8. The van der Waals surface area contributed by atoms with Crippen molar-refractivity contribution < 1.29 is 14.3 Å². The summed E-state index contributed by atoms with van der Waals surface area (Å²) in [5.74, 6) is 1.09. The standard InChI is InChI=1S/C13H21N3O3/c1-8-9(2)19-13(14-8)16-12(18)15-11-5-3-10(7-17)4-6-11/h10-11,17H,3-7H2,1-2H3,(H2,14,15,16,18). The zero-order valence-electron chi connectivity index (χ0n) is 11.4. The van der Waals surface area contributed by atoms with Crippen LogP contribution in [0.4, 0.5) is 10.8 Å². The van der Waals surface area contributed by atoms with Crippen molar-refractivity contribution in [1.29, 1.82) is 0 Å². The number of hydrogen-bond donors (Lipinski definition) is 3. The van der Waals surface area contributed by atoms with Crippen molar-refractivity contribution in [3.63, 3.8) is 0 Å². The van der Waals surface area contributed by atoms with Gasteiger partial charge in [0.15, 0.2) is 0 Å². The second kappa shape index (κ2) is 6.06. The number of aliphatic hydroxyl groups excluding tert-OH is 1. The van der Waals surface area contributed by atoms with E-state index in [9.17, 15) is 4.79 Å². The first-order valence-electron chi connectivity index (χ1n) is 6.71. The van der Waals surface area contributed by atoms with E-state index in [1.807, 2.05) is 13.8 Å². The molecule has 0 radical (unpaired) electrons. The molecule has 1 aromatic rings. The summed E-state index contributed by atoms with van der Waals surface area (Å²) in [4.78, 5) is 15.9. The minimum absolute atomic E-state index is 0.167. The summed E-state index contributed by atoms with van der Waals surface area (Å²) in [5, 5.41) is 14.6. The predicted molar refractivity (Wildman–Crippen MR) is 71.0 cm³/mol. The van der Waals surface area contributed by atoms with Crippen LogP contribution in [0.5, 0.6) is 0 Å². The molecule has 106 valence electrons. The smallest absolute Gasteiger partial charge is 0.323 e. The van der Waals surface area contributed by atoms with Crippen LogP contribution in [0.15, 0.2) is 4.42 Å². The molecule has 0 bridgehead atoms. The molecule has 0 aliphatic heterocycles. The molecule has 2 rings (SSSR count). The number of nitrogens with one attached hydrogen (secondary N) is 2. The molecule has 6 heteroatoms. The third-order valence-corrected chi connectivity index (χ3v) is 3.69. The monoisotopic (exact) mass is 267 g/mol. The van der Waals surface area contributed by atoms with Crippen LogP contribution < -0.4 is 10.6 Å². The van der Waals surface area contributed by atoms with E-state index in [0.29, 0.717) is 11.7 Å². The Morgan fingerprint density at radius 2 is 2.05 bits per heavy atom. The van der Waals surface area contributed by atoms with Crippen molar-refractivity contribution >= 4 is 12.0 Å². The Morgan fingerprint density at radius 3 is 2.58 bits per heavy atom. The number of amides is 2. The third kappa shape index (κ3) is 3.70. The van der Waals surface area contributed by atoms with E-state index in [0.717, 1.165) is 31.4 Å². The maximum atomic E-state index is 11.8. The summed E-state index contributed by atoms with van der Waals surface area (Å²) >= 11 is 0. The second-order valence-corrected chi connectivity index (χ2v) is 5.16. The van der Waals surface area contributed by atoms with Gasteiger partial charge in [-0.2, -0.15) is 4.98 Å². The second-order valence-electron chi connectivity index (χ2n) is 5.16. The first-order valence-corrected chi connectivity index (χ1v) is 6.71. The lowest BCUT2D eigenvalue weighted by molar-refractivity contribution is 0.176. The van der Waals surface area contributed by atoms with Gasteiger partial charge in [0.05, 0.1) is 5.69 Å². The number of carbonyl (C=O) groups excluding carboxylic acids is 1. The molecule has 0 unspecified atom stereocenters. The van der Waals surface area contributed by atoms with E-state index in [1.54, 1.807) is 0 Å². The van der Waals surface area contributed by atoms with Gasteiger partial charge in [-0.25, -0.2) is 4.79 Å². The van der Waals surface area contributed by atoms with Gasteiger partial charge in [0.1, 0.15) is 5.76 Å². The summed E-state index contributed by atoms with van der Waals surface area (Å²) in [7, 11) is 0. The van der Waals surface area contributed by atoms with E-state index < -0.39 is 0 Å². The summed E-state index contributed by atoms with van der Waals surface area (Å²) < 4.78 is 5.29. The molecule has 19 heavy (non-hydrogen) atoms. The van der Waals surface area contributed by atoms with Crippen LogP contribution in [-0.4, -0.2) is 28.8 Å². The van der Waals surface area contributed by atoms with E-state index in [4.69, 9.17) is 9.52 Å². The molecule has 3 N–H and O–H groups in total. The number of anilines is 1. The Labute approximate surface area is 112 Å². The molecule has 1 aliphatic carbocycles. The Kier molecular flexibility index (Phi) is 4.42. The van der Waals surface area contributed by atoms with Crippen LogP contribution in [0, 0.1) is 19.8 Å². The number of hydrogen-bond acceptors (Lipinski definition) is 4. The van der Waals surface area contributed by atoms with Crippen molar-refractivity contribution in [1.82, 2.24) is 10.3 Å². The van der Waals surface area contributed by atoms with Crippen LogP contribution in [0.3, 0.4) is 0 Å². The number of rotatable bonds is 3. The first kappa shape index (κ1) is 13.9. The van der Waals surface area contributed by atoms with Crippen molar-refractivity contribution in [3.8, 4) is 0 Å². The fourth-order valence-electron chi connectivity index (χ4n) is 2.33. The quantitative estimate of drug-likeness (QED) is 0.781. The summed E-state index contributed by atoms with van der Waals surface area (Å²) in [5.41, 5.74) is 0.777. The number of aromatic nitrogens is 1. The van der Waals surface area contributed by atoms with Crippen molar-refractivity contribution in [3.05, 3.63) is 11.5 Å². The summed E-state index contributed by atoms with van der Waals surface area (Å²) in [6.45, 7) is 3.88. The van der Waals surface area contributed by atoms with Crippen molar-refractivity contribution in [2.45, 2.75) is 45.6 Å². The van der Waals surface area contributed by atoms with Gasteiger partial charge >= 0.3 is 12.0 Å². The van der Waals surface area contributed by atoms with Gasteiger partial charge in [-0.15, -0.1) is 0 Å². The Balaban J connectivity index is 1.78. The molecule has 1 aliphatic rings. The maximum absolute atomic E-state index is 11.8. The number of carbonyl (C=O) groups is 1. The zero-order valence-corrected chi connectivity index (χ0v) is 11.4. The predicted octanol–water partition coefficient (Wildman–Crippen LogP) is 1.96. The minimum Gasteiger partial charge on any atom is -0.428 e. The van der Waals surface area contributed by atoms with Gasteiger partial charge in [0.25, 0.3) is 0 Å². The SMILES string of the molecule is Cc1nc(NC(=O)NC2CCC(CO)CC2)oc1C. The molecule has 1 fully saturated rings. The molecule has 0 spiro atoms. The minimum atomic E-state index is -0.284. The highest BCUT2D eigenvalue weighted by molar-refractivity contribution is 5.87. The van der Waals surface area contributed by atoms with Crippen LogP contribution in [0.1, 0.15) is 37.1 Å². The highest BCUT2D eigenvalue weighted by Crippen LogP contribution is 2.23. The van der Waals surface area contributed by atoms with Gasteiger partial charge in [0, 0.05) is 12.6 Å². The number of aryl methyl sites for hydroxylation is 2. The molecular weight excluding hydrogens is 246 g/mol. The lowest BCUT2D eigenvalue weighted by Crippen LogP contribution is -2.40. The number of urea groups is 1. The van der Waals surface area contributed by atoms with Gasteiger partial charge < -0.3 is 14.8 Å². The molecule has 0 aromatic carbocycles. The van der Waals surface area contributed by atoms with Crippen LogP contribution in [-0.2, 0) is 0 Å². The van der Waals surface area contributed by atoms with Crippen molar-refractivity contribution in [2.24, 2.45) is 5.92 Å². The van der Waals surface area contributed by atoms with E-state index in [1.165, 1.54) is 0 Å². The largest absolute Gasteiger partial charge is 0.428 e. The normalized spacial score (nSPS) is 23.1. The average molecular weight is 267 g/mol. The van der Waals surface area contributed by atoms with Gasteiger partial charge in [0.2, 0.25) is 0 Å². The van der Waals surface area contributed by atoms with Crippen molar-refractivity contribution in [2.75, 3.05) is 11.9 Å². The highest BCUT2D eigenvalue weighted by Gasteiger charge is 2.22. The Hall–Kier alpha value is -1.56. The molecule has 1 aromatic heterocycles. The van der Waals surface area contributed by atoms with E-state index in [-0.39, 0.29) is 24.7 Å². The van der Waals surface area contributed by atoms with E-state index >= 15 is 0 Å². The first-order chi connectivity index (χ1) is 9.08. The van der Waals surface area contributed by atoms with Crippen LogP contribution in [0.2, 0.25) is 0 Å². The number of aliphatic hydroxyl groups is 1. The number of nitrogens with zero attached hydrogens (tertiary/aromatic N) is 1. The van der Waals surface area contributed by atoms with E-state index in [2.05, 4.69) is 15.6 Å². The van der Waals surface area contributed by atoms with Crippen LogP contribution in [0.25, 0.3) is 0 Å². The van der Waals surface area contributed by atoms with Crippen LogP contribution >= 0.6 is 0 Å². The molecular formula is C13H21N3O3. The van der Waals surface area contributed by atoms with Gasteiger partial charge in [-0.1, -0.05) is 0 Å². The fraction of sp³-hybridized carbons (Fsp3) is 0.692. The maximum Gasteiger partial charge on any atom is 0.323 e. The summed E-state index contributed by atoms with van der Waals surface area (Å²) in [6.07, 6.45) is 3.72. The molecule has 1 saturated carbocycles. The van der Waals surface area contributed by atoms with Gasteiger partial charge in [-0.05, 0) is 45.4 Å². The summed E-state index contributed by atoms with van der Waals surface area (Å²) in [6, 6.07) is 0.116. The third-order valence-electron chi connectivity index (χ3n) is 3.69. The molecule has 6 nitrogen and oxygen atoms in total. The lowest BCUT2D eigenvalue weighted by atomic mass is 9.87. The Morgan fingerprint density at radius 1 is 1.37 bits per heavy atom.